The third kappa shape index (κ3) is 4.91. The minimum Gasteiger partial charge on any atom is -0.489 e. The van der Waals surface area contributed by atoms with Gasteiger partial charge in [-0.05, 0) is 12.1 Å². The molecule has 0 bridgehead atoms. The fourth-order valence-corrected chi connectivity index (χ4v) is 1.22. The van der Waals surface area contributed by atoms with Gasteiger partial charge in [-0.1, -0.05) is 34.7 Å². The van der Waals surface area contributed by atoms with Crippen molar-refractivity contribution in [1.29, 1.82) is 0 Å². The van der Waals surface area contributed by atoms with E-state index in [1.165, 1.54) is 6.07 Å². The van der Waals surface area contributed by atoms with Crippen LogP contribution in [0.2, 0.25) is 0 Å². The van der Waals surface area contributed by atoms with Crippen LogP contribution in [0.5, 0.6) is 11.5 Å². The van der Waals surface area contributed by atoms with E-state index in [-0.39, 0.29) is 5.75 Å². The van der Waals surface area contributed by atoms with Crippen molar-refractivity contribution >= 4 is 22.6 Å². The Bertz CT molecular complexity index is 328. The largest absolute Gasteiger partial charge is 0.489 e. The number of hydrogen-bond donors (Lipinski definition) is 0. The first-order valence-electron chi connectivity index (χ1n) is 4.50. The zero-order valence-electron chi connectivity index (χ0n) is 8.26. The van der Waals surface area contributed by atoms with Crippen LogP contribution in [-0.4, -0.2) is 23.8 Å². The number of rotatable bonds is 5. The van der Waals surface area contributed by atoms with E-state index in [1.807, 2.05) is 0 Å². The number of ether oxygens (including phenoxy) is 2. The molecular weight excluding hydrogens is 336 g/mol. The summed E-state index contributed by atoms with van der Waals surface area (Å²) in [6, 6.07) is 6.32. The molecule has 0 spiro atoms. The Morgan fingerprint density at radius 3 is 2.12 bits per heavy atom. The van der Waals surface area contributed by atoms with Crippen molar-refractivity contribution in [3.8, 4) is 11.5 Å². The maximum Gasteiger partial charge on any atom is 0.422 e. The Morgan fingerprint density at radius 1 is 1.06 bits per heavy atom. The van der Waals surface area contributed by atoms with Crippen LogP contribution in [0, 0.1) is 0 Å². The maximum atomic E-state index is 12.0. The van der Waals surface area contributed by atoms with E-state index in [2.05, 4.69) is 27.3 Å². The molecule has 1 aromatic carbocycles. The van der Waals surface area contributed by atoms with Crippen LogP contribution in [0.15, 0.2) is 24.3 Å². The molecule has 0 fully saturated rings. The minimum atomic E-state index is -4.34. The Labute approximate surface area is 105 Å². The van der Waals surface area contributed by atoms with Gasteiger partial charge in [0, 0.05) is 4.43 Å². The van der Waals surface area contributed by atoms with Gasteiger partial charge < -0.3 is 9.47 Å². The highest BCUT2D eigenvalue weighted by Gasteiger charge is 2.28. The van der Waals surface area contributed by atoms with Gasteiger partial charge in [-0.15, -0.1) is 0 Å². The van der Waals surface area contributed by atoms with E-state index < -0.39 is 12.8 Å². The SMILES string of the molecule is FC(F)(F)COc1ccccc1OCCI. The van der Waals surface area contributed by atoms with Crippen molar-refractivity contribution in [3.63, 3.8) is 0 Å². The summed E-state index contributed by atoms with van der Waals surface area (Å²) in [7, 11) is 0. The average molecular weight is 346 g/mol. The van der Waals surface area contributed by atoms with Gasteiger partial charge in [0.05, 0.1) is 6.61 Å². The van der Waals surface area contributed by atoms with Gasteiger partial charge in [0.1, 0.15) is 0 Å². The Morgan fingerprint density at radius 2 is 1.62 bits per heavy atom. The lowest BCUT2D eigenvalue weighted by Crippen LogP contribution is -2.19. The number of halogens is 4. The van der Waals surface area contributed by atoms with E-state index >= 15 is 0 Å². The van der Waals surface area contributed by atoms with Gasteiger partial charge in [-0.25, -0.2) is 0 Å². The molecule has 6 heteroatoms. The van der Waals surface area contributed by atoms with Gasteiger partial charge in [-0.2, -0.15) is 13.2 Å². The Balaban J connectivity index is 2.63. The lowest BCUT2D eigenvalue weighted by Gasteiger charge is -2.13. The molecule has 0 atom stereocenters. The summed E-state index contributed by atoms with van der Waals surface area (Å²) in [5, 5.41) is 0. The van der Waals surface area contributed by atoms with Gasteiger partial charge in [0.15, 0.2) is 18.1 Å². The van der Waals surface area contributed by atoms with Crippen LogP contribution in [0.4, 0.5) is 13.2 Å². The highest BCUT2D eigenvalue weighted by atomic mass is 127. The average Bonchev–Trinajstić information content (AvgIpc) is 2.23. The number of para-hydroxylation sites is 2. The summed E-state index contributed by atoms with van der Waals surface area (Å²) >= 11 is 2.11. The van der Waals surface area contributed by atoms with Crippen molar-refractivity contribution in [2.24, 2.45) is 0 Å². The lowest BCUT2D eigenvalue weighted by atomic mass is 10.3. The summed E-state index contributed by atoms with van der Waals surface area (Å²) < 4.78 is 46.5. The van der Waals surface area contributed by atoms with E-state index in [0.29, 0.717) is 12.4 Å². The van der Waals surface area contributed by atoms with Gasteiger partial charge >= 0.3 is 6.18 Å². The van der Waals surface area contributed by atoms with Crippen molar-refractivity contribution in [1.82, 2.24) is 0 Å². The molecule has 1 aromatic rings. The van der Waals surface area contributed by atoms with Crippen molar-refractivity contribution in [3.05, 3.63) is 24.3 Å². The third-order valence-corrected chi connectivity index (χ3v) is 2.02. The fourth-order valence-electron chi connectivity index (χ4n) is 0.997. The molecule has 0 aliphatic carbocycles. The van der Waals surface area contributed by atoms with Crippen molar-refractivity contribution in [2.75, 3.05) is 17.6 Å². The number of benzene rings is 1. The predicted octanol–water partition coefficient (Wildman–Crippen LogP) is 3.44. The highest BCUT2D eigenvalue weighted by Crippen LogP contribution is 2.28. The smallest absolute Gasteiger partial charge is 0.422 e. The molecule has 0 radical (unpaired) electrons. The van der Waals surface area contributed by atoms with Gasteiger partial charge in [-0.3, -0.25) is 0 Å². The second-order valence-corrected chi connectivity index (χ2v) is 3.97. The molecular formula is C10H10F3IO2. The van der Waals surface area contributed by atoms with Crippen LogP contribution in [0.25, 0.3) is 0 Å². The number of alkyl halides is 4. The summed E-state index contributed by atoms with van der Waals surface area (Å²) in [4.78, 5) is 0. The van der Waals surface area contributed by atoms with Crippen LogP contribution < -0.4 is 9.47 Å². The summed E-state index contributed by atoms with van der Waals surface area (Å²) in [6.45, 7) is -0.870. The van der Waals surface area contributed by atoms with E-state index in [9.17, 15) is 13.2 Å². The molecule has 0 saturated heterocycles. The molecule has 0 aliphatic heterocycles. The molecule has 0 aromatic heterocycles. The first-order valence-corrected chi connectivity index (χ1v) is 6.03. The Kier molecular flexibility index (Phi) is 5.17. The standard InChI is InChI=1S/C10H10F3IO2/c11-10(12,13)7-16-9-4-2-1-3-8(9)15-6-5-14/h1-4H,5-7H2. The van der Waals surface area contributed by atoms with E-state index in [4.69, 9.17) is 4.74 Å². The molecule has 0 aliphatic rings. The first kappa shape index (κ1) is 13.4. The second-order valence-electron chi connectivity index (χ2n) is 2.89. The van der Waals surface area contributed by atoms with Crippen LogP contribution in [0.1, 0.15) is 0 Å². The van der Waals surface area contributed by atoms with Gasteiger partial charge in [0.2, 0.25) is 0 Å². The van der Waals surface area contributed by atoms with E-state index in [0.717, 1.165) is 4.43 Å². The molecule has 0 amide bonds. The monoisotopic (exact) mass is 346 g/mol. The summed E-state index contributed by atoms with van der Waals surface area (Å²) in [5.74, 6) is 0.452. The van der Waals surface area contributed by atoms with Crippen LogP contribution >= 0.6 is 22.6 Å². The quantitative estimate of drug-likeness (QED) is 0.601. The zero-order valence-corrected chi connectivity index (χ0v) is 10.4. The summed E-state index contributed by atoms with van der Waals surface area (Å²) in [6.07, 6.45) is -4.34. The van der Waals surface area contributed by atoms with Gasteiger partial charge in [0.25, 0.3) is 0 Å². The van der Waals surface area contributed by atoms with Crippen LogP contribution in [-0.2, 0) is 0 Å². The minimum absolute atomic E-state index is 0.115. The Hall–Kier alpha value is -0.660. The molecule has 0 unspecified atom stereocenters. The maximum absolute atomic E-state index is 12.0. The molecule has 16 heavy (non-hydrogen) atoms. The van der Waals surface area contributed by atoms with E-state index in [1.54, 1.807) is 18.2 Å². The highest BCUT2D eigenvalue weighted by molar-refractivity contribution is 14.1. The normalized spacial score (nSPS) is 11.2. The predicted molar refractivity (Wildman–Crippen MR) is 62.4 cm³/mol. The first-order chi connectivity index (χ1) is 7.53. The van der Waals surface area contributed by atoms with Crippen molar-refractivity contribution < 1.29 is 22.6 Å². The third-order valence-electron chi connectivity index (χ3n) is 1.58. The molecule has 0 heterocycles. The zero-order chi connectivity index (χ0) is 12.0. The number of hydrogen-bond acceptors (Lipinski definition) is 2. The molecule has 90 valence electrons. The summed E-state index contributed by atoms with van der Waals surface area (Å²) in [5.41, 5.74) is 0. The molecule has 0 saturated carbocycles. The molecule has 1 rings (SSSR count). The van der Waals surface area contributed by atoms with Crippen molar-refractivity contribution in [2.45, 2.75) is 6.18 Å². The van der Waals surface area contributed by atoms with Crippen LogP contribution in [0.3, 0.4) is 0 Å². The second kappa shape index (κ2) is 6.17. The fraction of sp³-hybridized carbons (Fsp3) is 0.400. The lowest BCUT2D eigenvalue weighted by molar-refractivity contribution is -0.153. The molecule has 0 N–H and O–H groups in total. The topological polar surface area (TPSA) is 18.5 Å². The molecule has 2 nitrogen and oxygen atoms in total.